The van der Waals surface area contributed by atoms with Gasteiger partial charge in [-0.15, -0.1) is 0 Å². The molecule has 0 saturated heterocycles. The summed E-state index contributed by atoms with van der Waals surface area (Å²) in [6.45, 7) is 8.40. The van der Waals surface area contributed by atoms with Gasteiger partial charge in [0, 0.05) is 26.7 Å². The summed E-state index contributed by atoms with van der Waals surface area (Å²) in [6.07, 6.45) is 4.27. The largest absolute Gasteiger partial charge is 0.377 e. The molecule has 0 spiro atoms. The molecule has 0 unspecified atom stereocenters. The highest BCUT2D eigenvalue weighted by molar-refractivity contribution is 5.79. The standard InChI is InChI=1S/C19H29N3O/c1-4-20-19(21-12-9-17-10-13-23-14-11-17)22(3)15-18-7-5-16(2)6-8-18/h5-8,10H,4,9,11-15H2,1-3H3,(H,20,21). The summed E-state index contributed by atoms with van der Waals surface area (Å²) < 4.78 is 5.35. The average molecular weight is 315 g/mol. The zero-order chi connectivity index (χ0) is 16.5. The maximum Gasteiger partial charge on any atom is 0.193 e. The quantitative estimate of drug-likeness (QED) is 0.498. The lowest BCUT2D eigenvalue weighted by atomic mass is 10.1. The molecule has 1 aliphatic heterocycles. The van der Waals surface area contributed by atoms with E-state index in [-0.39, 0.29) is 0 Å². The molecule has 0 amide bonds. The maximum atomic E-state index is 5.35. The molecule has 23 heavy (non-hydrogen) atoms. The molecule has 4 heteroatoms. The Balaban J connectivity index is 1.91. The minimum absolute atomic E-state index is 0.756. The molecule has 0 saturated carbocycles. The Hall–Kier alpha value is -1.81. The van der Waals surface area contributed by atoms with Crippen LogP contribution in [0.3, 0.4) is 0 Å². The third kappa shape index (κ3) is 6.06. The lowest BCUT2D eigenvalue weighted by Gasteiger charge is -2.22. The van der Waals surface area contributed by atoms with Crippen LogP contribution in [0.25, 0.3) is 0 Å². The van der Waals surface area contributed by atoms with E-state index in [0.717, 1.165) is 51.6 Å². The third-order valence-electron chi connectivity index (χ3n) is 3.99. The van der Waals surface area contributed by atoms with E-state index in [1.54, 1.807) is 0 Å². The number of nitrogens with zero attached hydrogens (tertiary/aromatic N) is 2. The van der Waals surface area contributed by atoms with Crippen molar-refractivity contribution in [1.29, 1.82) is 0 Å². The van der Waals surface area contributed by atoms with Crippen LogP contribution in [0, 0.1) is 6.92 Å². The van der Waals surface area contributed by atoms with E-state index in [2.05, 4.69) is 61.5 Å². The molecular formula is C19H29N3O. The predicted octanol–water partition coefficient (Wildman–Crippen LogP) is 3.13. The Labute approximate surface area is 140 Å². The molecule has 126 valence electrons. The topological polar surface area (TPSA) is 36.9 Å². The normalized spacial score (nSPS) is 15.3. The number of aryl methyl sites for hydroxylation is 1. The van der Waals surface area contributed by atoms with Crippen molar-refractivity contribution < 1.29 is 4.74 Å². The summed E-state index contributed by atoms with van der Waals surface area (Å²) in [5, 5.41) is 3.38. The summed E-state index contributed by atoms with van der Waals surface area (Å²) in [5.74, 6) is 0.973. The fourth-order valence-corrected chi connectivity index (χ4v) is 2.61. The zero-order valence-electron chi connectivity index (χ0n) is 14.6. The van der Waals surface area contributed by atoms with E-state index in [0.29, 0.717) is 0 Å². The van der Waals surface area contributed by atoms with Crippen molar-refractivity contribution in [3.8, 4) is 0 Å². The van der Waals surface area contributed by atoms with Crippen LogP contribution in [0.2, 0.25) is 0 Å². The molecule has 1 aromatic rings. The lowest BCUT2D eigenvalue weighted by molar-refractivity contribution is 0.153. The van der Waals surface area contributed by atoms with Gasteiger partial charge in [0.1, 0.15) is 0 Å². The number of hydrogen-bond acceptors (Lipinski definition) is 2. The predicted molar refractivity (Wildman–Crippen MR) is 96.8 cm³/mol. The molecule has 1 aromatic carbocycles. The van der Waals surface area contributed by atoms with Gasteiger partial charge in [-0.25, -0.2) is 0 Å². The van der Waals surface area contributed by atoms with Gasteiger partial charge in [0.15, 0.2) is 5.96 Å². The highest BCUT2D eigenvalue weighted by Crippen LogP contribution is 2.12. The number of hydrogen-bond donors (Lipinski definition) is 1. The van der Waals surface area contributed by atoms with Crippen molar-refractivity contribution >= 4 is 5.96 Å². The van der Waals surface area contributed by atoms with Gasteiger partial charge >= 0.3 is 0 Å². The van der Waals surface area contributed by atoms with E-state index in [1.165, 1.54) is 16.7 Å². The van der Waals surface area contributed by atoms with Crippen LogP contribution >= 0.6 is 0 Å². The minimum Gasteiger partial charge on any atom is -0.377 e. The van der Waals surface area contributed by atoms with Gasteiger partial charge in [-0.1, -0.05) is 41.5 Å². The number of aliphatic imine (C=N–C) groups is 1. The van der Waals surface area contributed by atoms with Crippen molar-refractivity contribution in [3.05, 3.63) is 47.0 Å². The number of rotatable bonds is 6. The molecule has 0 radical (unpaired) electrons. The average Bonchev–Trinajstić information content (AvgIpc) is 2.57. The Morgan fingerprint density at radius 2 is 2.09 bits per heavy atom. The van der Waals surface area contributed by atoms with Crippen LogP contribution in [0.4, 0.5) is 0 Å². The zero-order valence-corrected chi connectivity index (χ0v) is 14.6. The Morgan fingerprint density at radius 3 is 2.74 bits per heavy atom. The van der Waals surface area contributed by atoms with Gasteiger partial charge in [-0.05, 0) is 32.3 Å². The third-order valence-corrected chi connectivity index (χ3v) is 3.99. The molecule has 2 rings (SSSR count). The molecule has 0 aliphatic carbocycles. The van der Waals surface area contributed by atoms with Crippen LogP contribution in [0.15, 0.2) is 40.9 Å². The van der Waals surface area contributed by atoms with Crippen LogP contribution in [-0.2, 0) is 11.3 Å². The van der Waals surface area contributed by atoms with Crippen LogP contribution in [0.5, 0.6) is 0 Å². The van der Waals surface area contributed by atoms with Gasteiger partial charge in [0.2, 0.25) is 0 Å². The highest BCUT2D eigenvalue weighted by Gasteiger charge is 2.07. The van der Waals surface area contributed by atoms with Gasteiger partial charge in [0.25, 0.3) is 0 Å². The molecule has 0 aromatic heterocycles. The molecule has 0 bridgehead atoms. The first-order valence-corrected chi connectivity index (χ1v) is 8.49. The van der Waals surface area contributed by atoms with Crippen LogP contribution in [0.1, 0.15) is 30.9 Å². The second kappa shape index (κ2) is 9.36. The van der Waals surface area contributed by atoms with Crippen molar-refractivity contribution in [2.75, 3.05) is 33.4 Å². The van der Waals surface area contributed by atoms with Gasteiger partial charge in [-0.2, -0.15) is 0 Å². The molecule has 1 aliphatic rings. The number of guanidine groups is 1. The summed E-state index contributed by atoms with van der Waals surface area (Å²) in [6, 6.07) is 8.68. The van der Waals surface area contributed by atoms with Crippen molar-refractivity contribution in [1.82, 2.24) is 10.2 Å². The second-order valence-corrected chi connectivity index (χ2v) is 6.01. The second-order valence-electron chi connectivity index (χ2n) is 6.01. The lowest BCUT2D eigenvalue weighted by Crippen LogP contribution is -2.38. The van der Waals surface area contributed by atoms with E-state index in [1.807, 2.05) is 0 Å². The van der Waals surface area contributed by atoms with E-state index < -0.39 is 0 Å². The fraction of sp³-hybridized carbons (Fsp3) is 0.526. The van der Waals surface area contributed by atoms with Gasteiger partial charge in [-0.3, -0.25) is 4.99 Å². The smallest absolute Gasteiger partial charge is 0.193 e. The van der Waals surface area contributed by atoms with Crippen LogP contribution in [-0.4, -0.2) is 44.2 Å². The van der Waals surface area contributed by atoms with Gasteiger partial charge < -0.3 is 15.0 Å². The Bertz CT molecular complexity index is 534. The monoisotopic (exact) mass is 315 g/mol. The number of nitrogens with one attached hydrogen (secondary N) is 1. The Kier molecular flexibility index (Phi) is 7.14. The molecule has 0 fully saturated rings. The summed E-state index contributed by atoms with van der Waals surface area (Å²) in [5.41, 5.74) is 4.06. The number of ether oxygens (including phenoxy) is 1. The number of benzene rings is 1. The fourth-order valence-electron chi connectivity index (χ4n) is 2.61. The molecule has 0 atom stereocenters. The first-order chi connectivity index (χ1) is 11.2. The Morgan fingerprint density at radius 1 is 1.30 bits per heavy atom. The first kappa shape index (κ1) is 17.5. The highest BCUT2D eigenvalue weighted by atomic mass is 16.5. The van der Waals surface area contributed by atoms with Crippen molar-refractivity contribution in [2.45, 2.75) is 33.2 Å². The molecule has 4 nitrogen and oxygen atoms in total. The molecule has 1 heterocycles. The van der Waals surface area contributed by atoms with Crippen molar-refractivity contribution in [3.63, 3.8) is 0 Å². The van der Waals surface area contributed by atoms with Crippen LogP contribution < -0.4 is 5.32 Å². The summed E-state index contributed by atoms with van der Waals surface area (Å²) in [4.78, 5) is 6.96. The van der Waals surface area contributed by atoms with Gasteiger partial charge in [0.05, 0.1) is 13.2 Å². The maximum absolute atomic E-state index is 5.35. The van der Waals surface area contributed by atoms with E-state index in [9.17, 15) is 0 Å². The minimum atomic E-state index is 0.756. The molecular weight excluding hydrogens is 286 g/mol. The molecule has 1 N–H and O–H groups in total. The van der Waals surface area contributed by atoms with Crippen molar-refractivity contribution in [2.24, 2.45) is 4.99 Å². The van der Waals surface area contributed by atoms with E-state index >= 15 is 0 Å². The SMILES string of the molecule is CCNC(=NCCC1=CCOCC1)N(C)Cc1ccc(C)cc1. The van der Waals surface area contributed by atoms with E-state index in [4.69, 9.17) is 9.73 Å². The summed E-state index contributed by atoms with van der Waals surface area (Å²) in [7, 11) is 2.09. The summed E-state index contributed by atoms with van der Waals surface area (Å²) >= 11 is 0. The first-order valence-electron chi connectivity index (χ1n) is 8.49.